The highest BCUT2D eigenvalue weighted by Gasteiger charge is 2.44. The van der Waals surface area contributed by atoms with Crippen LogP contribution in [0.15, 0.2) is 17.9 Å². The monoisotopic (exact) mass is 783 g/mol. The molecule has 0 aromatic heterocycles. The third-order valence-corrected chi connectivity index (χ3v) is 10.4. The molecule has 10 heteroatoms. The highest BCUT2D eigenvalue weighted by molar-refractivity contribution is 5.70. The molecule has 0 aliphatic carbocycles. The fraction of sp³-hybridized carbons (Fsp3) is 0.889. The van der Waals surface area contributed by atoms with E-state index in [2.05, 4.69) is 31.7 Å². The average molecular weight is 783 g/mol. The minimum absolute atomic E-state index is 0.213. The lowest BCUT2D eigenvalue weighted by atomic mass is 9.99. The van der Waals surface area contributed by atoms with Gasteiger partial charge in [0.15, 0.2) is 12.4 Å². The second-order valence-electron chi connectivity index (χ2n) is 15.6. The summed E-state index contributed by atoms with van der Waals surface area (Å²) >= 11 is 0. The van der Waals surface area contributed by atoms with Gasteiger partial charge in [0.25, 0.3) is 0 Å². The van der Waals surface area contributed by atoms with E-state index in [1.807, 2.05) is 0 Å². The number of carbonyl (C=O) groups is 2. The van der Waals surface area contributed by atoms with Gasteiger partial charge in [0.1, 0.15) is 31.0 Å². The molecule has 10 nitrogen and oxygen atoms in total. The third-order valence-electron chi connectivity index (χ3n) is 10.4. The van der Waals surface area contributed by atoms with Crippen molar-refractivity contribution in [3.8, 4) is 0 Å². The number of rotatable bonds is 37. The minimum atomic E-state index is -1.60. The van der Waals surface area contributed by atoms with Crippen molar-refractivity contribution in [2.75, 3.05) is 19.8 Å². The SMILES string of the molecule is CCCCCCCC=C=CCCCCCCCC(=O)O[C@@H](COC(=O)CCCCCCCCCCCCCCCCC)CO[C@H]1O[C@@H](CO)[C@@H](O)C(O)C1O. The maximum absolute atomic E-state index is 12.7. The summed E-state index contributed by atoms with van der Waals surface area (Å²) in [5.74, 6) is -0.819. The topological polar surface area (TPSA) is 152 Å². The zero-order valence-corrected chi connectivity index (χ0v) is 35.0. The molecule has 2 unspecified atom stereocenters. The molecule has 0 saturated carbocycles. The zero-order chi connectivity index (χ0) is 40.2. The molecule has 0 bridgehead atoms. The molecule has 0 radical (unpaired) electrons. The number of aliphatic hydroxyl groups is 4. The van der Waals surface area contributed by atoms with Crippen molar-refractivity contribution in [1.82, 2.24) is 0 Å². The maximum Gasteiger partial charge on any atom is 0.306 e. The number of hydrogen-bond donors (Lipinski definition) is 4. The Labute approximate surface area is 334 Å². The van der Waals surface area contributed by atoms with Gasteiger partial charge in [-0.1, -0.05) is 149 Å². The van der Waals surface area contributed by atoms with E-state index < -0.39 is 49.4 Å². The van der Waals surface area contributed by atoms with Crippen molar-refractivity contribution in [2.24, 2.45) is 0 Å². The molecule has 6 atom stereocenters. The van der Waals surface area contributed by atoms with Gasteiger partial charge < -0.3 is 39.4 Å². The molecule has 0 amide bonds. The Kier molecular flexibility index (Phi) is 34.1. The van der Waals surface area contributed by atoms with Crippen LogP contribution in [-0.2, 0) is 28.5 Å². The van der Waals surface area contributed by atoms with Crippen molar-refractivity contribution < 1.29 is 49.0 Å². The lowest BCUT2D eigenvalue weighted by Gasteiger charge is -2.39. The molecule has 55 heavy (non-hydrogen) atoms. The Morgan fingerprint density at radius 1 is 0.582 bits per heavy atom. The first kappa shape index (κ1) is 51.2. The van der Waals surface area contributed by atoms with Crippen LogP contribution in [0.5, 0.6) is 0 Å². The second-order valence-corrected chi connectivity index (χ2v) is 15.6. The molecule has 1 rings (SSSR count). The van der Waals surface area contributed by atoms with Crippen molar-refractivity contribution >= 4 is 11.9 Å². The van der Waals surface area contributed by atoms with Gasteiger partial charge in [-0.25, -0.2) is 0 Å². The molecule has 0 spiro atoms. The van der Waals surface area contributed by atoms with Crippen molar-refractivity contribution in [3.63, 3.8) is 0 Å². The third kappa shape index (κ3) is 28.3. The highest BCUT2D eigenvalue weighted by atomic mass is 16.7. The lowest BCUT2D eigenvalue weighted by Crippen LogP contribution is -2.59. The van der Waals surface area contributed by atoms with Crippen LogP contribution in [-0.4, -0.2) is 89.0 Å². The molecule has 322 valence electrons. The van der Waals surface area contributed by atoms with Crippen LogP contribution in [0.25, 0.3) is 0 Å². The summed E-state index contributed by atoms with van der Waals surface area (Å²) in [6, 6.07) is 0. The Morgan fingerprint density at radius 2 is 1.02 bits per heavy atom. The first-order valence-electron chi connectivity index (χ1n) is 22.5. The molecule has 1 heterocycles. The van der Waals surface area contributed by atoms with Crippen LogP contribution in [0.1, 0.15) is 200 Å². The van der Waals surface area contributed by atoms with E-state index in [9.17, 15) is 30.0 Å². The Hall–Kier alpha value is -1.78. The lowest BCUT2D eigenvalue weighted by molar-refractivity contribution is -0.305. The molecule has 1 saturated heterocycles. The number of esters is 2. The normalized spacial score (nSPS) is 20.1. The van der Waals surface area contributed by atoms with Gasteiger partial charge in [-0.15, -0.1) is 5.73 Å². The zero-order valence-electron chi connectivity index (χ0n) is 35.0. The standard InChI is InChI=1S/C45H82O10/c1-3-5-7-9-11-13-15-17-19-21-23-25-27-29-31-33-40(47)52-36-38(37-53-45-44(51)43(50)42(49)39(35-46)55-45)54-41(48)34-32-30-28-26-24-22-20-18-16-14-12-10-8-6-4-2/h16,20,38-39,42-46,49-51H,3-15,17,19,21-37H2,1-2H3/t18?,38-,39-,42+,43?,44?,45-/m0/s1. The van der Waals surface area contributed by atoms with Gasteiger partial charge in [-0.2, -0.15) is 0 Å². The minimum Gasteiger partial charge on any atom is -0.462 e. The van der Waals surface area contributed by atoms with E-state index in [0.717, 1.165) is 57.8 Å². The predicted octanol–water partition coefficient (Wildman–Crippen LogP) is 9.32. The average Bonchev–Trinajstić information content (AvgIpc) is 3.18. The van der Waals surface area contributed by atoms with Crippen LogP contribution in [0.4, 0.5) is 0 Å². The summed E-state index contributed by atoms with van der Waals surface area (Å²) in [6.45, 7) is 3.40. The molecular formula is C45H82O10. The van der Waals surface area contributed by atoms with E-state index in [0.29, 0.717) is 6.42 Å². The molecule has 1 aliphatic rings. The predicted molar refractivity (Wildman–Crippen MR) is 218 cm³/mol. The Bertz CT molecular complexity index is 965. The summed E-state index contributed by atoms with van der Waals surface area (Å²) < 4.78 is 22.1. The Balaban J connectivity index is 2.34. The summed E-state index contributed by atoms with van der Waals surface area (Å²) in [5.41, 5.74) is 3.29. The smallest absolute Gasteiger partial charge is 0.306 e. The molecule has 0 aromatic rings. The summed E-state index contributed by atoms with van der Waals surface area (Å²) in [7, 11) is 0. The maximum atomic E-state index is 12.7. The van der Waals surface area contributed by atoms with Gasteiger partial charge in [0.2, 0.25) is 0 Å². The van der Waals surface area contributed by atoms with Crippen molar-refractivity contribution in [2.45, 2.75) is 237 Å². The summed E-state index contributed by atoms with van der Waals surface area (Å²) in [4.78, 5) is 25.3. The first-order chi connectivity index (χ1) is 26.8. The van der Waals surface area contributed by atoms with Gasteiger partial charge >= 0.3 is 11.9 Å². The van der Waals surface area contributed by atoms with Crippen LogP contribution in [0, 0.1) is 0 Å². The molecule has 0 aromatic carbocycles. The van der Waals surface area contributed by atoms with Crippen molar-refractivity contribution in [3.05, 3.63) is 17.9 Å². The fourth-order valence-corrected chi connectivity index (χ4v) is 6.81. The van der Waals surface area contributed by atoms with Crippen LogP contribution < -0.4 is 0 Å². The van der Waals surface area contributed by atoms with E-state index in [-0.39, 0.29) is 32.0 Å². The number of carbonyl (C=O) groups excluding carboxylic acids is 2. The largest absolute Gasteiger partial charge is 0.462 e. The molecule has 4 N–H and O–H groups in total. The van der Waals surface area contributed by atoms with Crippen LogP contribution in [0.2, 0.25) is 0 Å². The summed E-state index contributed by atoms with van der Waals surface area (Å²) in [5, 5.41) is 40.0. The molecule has 1 fully saturated rings. The highest BCUT2D eigenvalue weighted by Crippen LogP contribution is 2.23. The van der Waals surface area contributed by atoms with Gasteiger partial charge in [-0.3, -0.25) is 9.59 Å². The second kappa shape index (κ2) is 36.6. The van der Waals surface area contributed by atoms with E-state index in [4.69, 9.17) is 18.9 Å². The number of unbranched alkanes of at least 4 members (excludes halogenated alkanes) is 24. The van der Waals surface area contributed by atoms with Crippen LogP contribution in [0.3, 0.4) is 0 Å². The quantitative estimate of drug-likeness (QED) is 0.0273. The van der Waals surface area contributed by atoms with Crippen molar-refractivity contribution in [1.29, 1.82) is 0 Å². The molecule has 1 aliphatic heterocycles. The number of ether oxygens (including phenoxy) is 4. The van der Waals surface area contributed by atoms with Gasteiger partial charge in [0.05, 0.1) is 13.2 Å². The number of allylic oxidation sites excluding steroid dienone is 1. The van der Waals surface area contributed by atoms with Gasteiger partial charge in [-0.05, 0) is 50.7 Å². The van der Waals surface area contributed by atoms with E-state index >= 15 is 0 Å². The van der Waals surface area contributed by atoms with E-state index in [1.165, 1.54) is 109 Å². The number of aliphatic hydroxyl groups excluding tert-OH is 4. The molecular weight excluding hydrogens is 700 g/mol. The fourth-order valence-electron chi connectivity index (χ4n) is 6.81. The van der Waals surface area contributed by atoms with Gasteiger partial charge in [0, 0.05) is 12.8 Å². The first-order valence-corrected chi connectivity index (χ1v) is 22.5. The summed E-state index contributed by atoms with van der Waals surface area (Å²) in [6.07, 6.45) is 28.5. The Morgan fingerprint density at radius 3 is 1.49 bits per heavy atom. The van der Waals surface area contributed by atoms with Crippen LogP contribution >= 0.6 is 0 Å². The van der Waals surface area contributed by atoms with E-state index in [1.54, 1.807) is 0 Å². The number of hydrogen-bond acceptors (Lipinski definition) is 10.